The van der Waals surface area contributed by atoms with Gasteiger partial charge in [0.25, 0.3) is 0 Å². The number of hydrogen-bond acceptors (Lipinski definition) is 3. The molecule has 0 bridgehead atoms. The van der Waals surface area contributed by atoms with Crippen molar-refractivity contribution in [3.63, 3.8) is 0 Å². The first-order chi connectivity index (χ1) is 7.74. The maximum Gasteiger partial charge on any atom is 0.134 e. The van der Waals surface area contributed by atoms with Gasteiger partial charge in [0.2, 0.25) is 0 Å². The van der Waals surface area contributed by atoms with Crippen LogP contribution in [0.15, 0.2) is 34.7 Å². The van der Waals surface area contributed by atoms with Gasteiger partial charge in [-0.2, -0.15) is 0 Å². The fraction of sp³-hybridized carbons (Fsp3) is 0.231. The summed E-state index contributed by atoms with van der Waals surface area (Å²) >= 11 is 0. The fourth-order valence-electron chi connectivity index (χ4n) is 1.65. The van der Waals surface area contributed by atoms with Crippen molar-refractivity contribution in [1.29, 1.82) is 0 Å². The Morgan fingerprint density at radius 1 is 1.25 bits per heavy atom. The number of aryl methyl sites for hydroxylation is 1. The quantitative estimate of drug-likeness (QED) is 0.861. The fourth-order valence-corrected chi connectivity index (χ4v) is 1.65. The molecule has 0 radical (unpaired) electrons. The molecule has 2 aromatic rings. The van der Waals surface area contributed by atoms with Crippen molar-refractivity contribution in [2.24, 2.45) is 0 Å². The van der Waals surface area contributed by atoms with E-state index in [0.29, 0.717) is 5.75 Å². The first kappa shape index (κ1) is 10.8. The Morgan fingerprint density at radius 3 is 2.62 bits per heavy atom. The number of benzene rings is 1. The Labute approximate surface area is 94.3 Å². The van der Waals surface area contributed by atoms with Gasteiger partial charge in [0.1, 0.15) is 17.3 Å². The highest BCUT2D eigenvalue weighted by Gasteiger charge is 2.07. The summed E-state index contributed by atoms with van der Waals surface area (Å²) in [6, 6.07) is 9.45. The Kier molecular flexibility index (Phi) is 2.97. The van der Waals surface area contributed by atoms with E-state index in [0.717, 1.165) is 22.6 Å². The summed E-state index contributed by atoms with van der Waals surface area (Å²) in [5, 5.41) is 9.22. The molecule has 0 unspecified atom stereocenters. The van der Waals surface area contributed by atoms with Crippen LogP contribution in [-0.4, -0.2) is 12.2 Å². The minimum absolute atomic E-state index is 0.0449. The van der Waals surface area contributed by atoms with E-state index in [4.69, 9.17) is 9.15 Å². The summed E-state index contributed by atoms with van der Waals surface area (Å²) in [7, 11) is 1.59. The highest BCUT2D eigenvalue weighted by atomic mass is 16.5. The van der Waals surface area contributed by atoms with E-state index in [9.17, 15) is 5.11 Å². The normalized spacial score (nSPS) is 10.4. The molecule has 0 saturated heterocycles. The third-order valence-electron chi connectivity index (χ3n) is 2.48. The molecular formula is C13H14O3. The molecule has 0 aliphatic rings. The number of aliphatic hydroxyl groups is 1. The van der Waals surface area contributed by atoms with Crippen LogP contribution >= 0.6 is 0 Å². The Hall–Kier alpha value is -1.74. The zero-order valence-corrected chi connectivity index (χ0v) is 9.36. The Bertz CT molecular complexity index is 486. The van der Waals surface area contributed by atoms with E-state index in [-0.39, 0.29) is 6.61 Å². The standard InChI is InChI=1S/C13H14O3/c1-9-3-5-13(16-9)10-4-6-12(15-2)11(7-10)8-14/h3-7,14H,8H2,1-2H3. The van der Waals surface area contributed by atoms with Crippen molar-refractivity contribution in [3.8, 4) is 17.1 Å². The summed E-state index contributed by atoms with van der Waals surface area (Å²) in [6.45, 7) is 1.86. The van der Waals surface area contributed by atoms with Crippen molar-refractivity contribution in [1.82, 2.24) is 0 Å². The minimum Gasteiger partial charge on any atom is -0.496 e. The van der Waals surface area contributed by atoms with Gasteiger partial charge < -0.3 is 14.3 Å². The van der Waals surface area contributed by atoms with Gasteiger partial charge in [0, 0.05) is 11.1 Å². The first-order valence-corrected chi connectivity index (χ1v) is 5.09. The average molecular weight is 218 g/mol. The van der Waals surface area contributed by atoms with Crippen molar-refractivity contribution < 1.29 is 14.3 Å². The molecule has 0 amide bonds. The molecule has 3 heteroatoms. The van der Waals surface area contributed by atoms with Crippen LogP contribution in [-0.2, 0) is 6.61 Å². The zero-order valence-electron chi connectivity index (χ0n) is 9.36. The van der Waals surface area contributed by atoms with Crippen LogP contribution in [0.5, 0.6) is 5.75 Å². The summed E-state index contributed by atoms with van der Waals surface area (Å²) in [6.07, 6.45) is 0. The molecule has 0 saturated carbocycles. The minimum atomic E-state index is -0.0449. The highest BCUT2D eigenvalue weighted by Crippen LogP contribution is 2.27. The second-order valence-corrected chi connectivity index (χ2v) is 3.60. The number of hydrogen-bond donors (Lipinski definition) is 1. The van der Waals surface area contributed by atoms with Gasteiger partial charge >= 0.3 is 0 Å². The molecule has 0 atom stereocenters. The van der Waals surface area contributed by atoms with E-state index in [1.807, 2.05) is 37.3 Å². The number of aliphatic hydroxyl groups excluding tert-OH is 1. The van der Waals surface area contributed by atoms with Crippen LogP contribution in [0, 0.1) is 6.92 Å². The summed E-state index contributed by atoms with van der Waals surface area (Å²) in [5.41, 5.74) is 1.70. The van der Waals surface area contributed by atoms with E-state index in [1.165, 1.54) is 0 Å². The predicted octanol–water partition coefficient (Wildman–Crippen LogP) is 2.76. The first-order valence-electron chi connectivity index (χ1n) is 5.09. The molecule has 16 heavy (non-hydrogen) atoms. The number of rotatable bonds is 3. The Morgan fingerprint density at radius 2 is 2.06 bits per heavy atom. The maximum absolute atomic E-state index is 9.22. The van der Waals surface area contributed by atoms with Crippen molar-refractivity contribution >= 4 is 0 Å². The molecule has 1 heterocycles. The Balaban J connectivity index is 2.43. The molecular weight excluding hydrogens is 204 g/mol. The lowest BCUT2D eigenvalue weighted by Gasteiger charge is -2.07. The maximum atomic E-state index is 9.22. The largest absolute Gasteiger partial charge is 0.496 e. The van der Waals surface area contributed by atoms with Crippen LogP contribution in [0.3, 0.4) is 0 Å². The van der Waals surface area contributed by atoms with Crippen LogP contribution in [0.25, 0.3) is 11.3 Å². The summed E-state index contributed by atoms with van der Waals surface area (Å²) < 4.78 is 10.7. The number of ether oxygens (including phenoxy) is 1. The van der Waals surface area contributed by atoms with Crippen molar-refractivity contribution in [2.75, 3.05) is 7.11 Å². The molecule has 1 N–H and O–H groups in total. The smallest absolute Gasteiger partial charge is 0.134 e. The molecule has 1 aromatic heterocycles. The molecule has 84 valence electrons. The molecule has 0 fully saturated rings. The van der Waals surface area contributed by atoms with Crippen molar-refractivity contribution in [2.45, 2.75) is 13.5 Å². The van der Waals surface area contributed by atoms with Crippen LogP contribution in [0.1, 0.15) is 11.3 Å². The lowest BCUT2D eigenvalue weighted by Crippen LogP contribution is -1.92. The number of methoxy groups -OCH3 is 1. The molecule has 0 aliphatic carbocycles. The highest BCUT2D eigenvalue weighted by molar-refractivity contribution is 5.60. The second-order valence-electron chi connectivity index (χ2n) is 3.60. The van der Waals surface area contributed by atoms with E-state index in [1.54, 1.807) is 7.11 Å². The van der Waals surface area contributed by atoms with Gasteiger partial charge in [-0.1, -0.05) is 0 Å². The van der Waals surface area contributed by atoms with Gasteiger partial charge in [-0.15, -0.1) is 0 Å². The monoisotopic (exact) mass is 218 g/mol. The van der Waals surface area contributed by atoms with Crippen molar-refractivity contribution in [3.05, 3.63) is 41.7 Å². The third kappa shape index (κ3) is 1.95. The van der Waals surface area contributed by atoms with E-state index < -0.39 is 0 Å². The number of furan rings is 1. The predicted molar refractivity (Wildman–Crippen MR) is 61.4 cm³/mol. The van der Waals surface area contributed by atoms with Crippen LogP contribution < -0.4 is 4.74 Å². The third-order valence-corrected chi connectivity index (χ3v) is 2.48. The van der Waals surface area contributed by atoms with Crippen LogP contribution in [0.2, 0.25) is 0 Å². The van der Waals surface area contributed by atoms with Gasteiger partial charge in [0.15, 0.2) is 0 Å². The topological polar surface area (TPSA) is 42.6 Å². The molecule has 1 aromatic carbocycles. The molecule has 2 rings (SSSR count). The van der Waals surface area contributed by atoms with Gasteiger partial charge in [0.05, 0.1) is 13.7 Å². The molecule has 0 aliphatic heterocycles. The lowest BCUT2D eigenvalue weighted by molar-refractivity contribution is 0.274. The van der Waals surface area contributed by atoms with E-state index >= 15 is 0 Å². The average Bonchev–Trinajstić information content (AvgIpc) is 2.75. The van der Waals surface area contributed by atoms with Crippen LogP contribution in [0.4, 0.5) is 0 Å². The lowest BCUT2D eigenvalue weighted by atomic mass is 10.1. The zero-order chi connectivity index (χ0) is 11.5. The second kappa shape index (κ2) is 4.41. The summed E-state index contributed by atoms with van der Waals surface area (Å²) in [4.78, 5) is 0. The SMILES string of the molecule is COc1ccc(-c2ccc(C)o2)cc1CO. The van der Waals surface area contributed by atoms with E-state index in [2.05, 4.69) is 0 Å². The molecule has 0 spiro atoms. The van der Waals surface area contributed by atoms with Gasteiger partial charge in [-0.3, -0.25) is 0 Å². The van der Waals surface area contributed by atoms with Gasteiger partial charge in [-0.05, 0) is 37.3 Å². The molecule has 3 nitrogen and oxygen atoms in total. The van der Waals surface area contributed by atoms with Gasteiger partial charge in [-0.25, -0.2) is 0 Å². The summed E-state index contributed by atoms with van der Waals surface area (Å²) in [5.74, 6) is 2.36.